The van der Waals surface area contributed by atoms with Crippen molar-refractivity contribution in [1.29, 1.82) is 0 Å². The summed E-state index contributed by atoms with van der Waals surface area (Å²) in [5.74, 6) is -2.43. The van der Waals surface area contributed by atoms with Crippen LogP contribution in [0.2, 0.25) is 0 Å². The molecule has 0 saturated heterocycles. The zero-order chi connectivity index (χ0) is 21.9. The van der Waals surface area contributed by atoms with Gasteiger partial charge in [-0.25, -0.2) is 9.59 Å². The van der Waals surface area contributed by atoms with E-state index in [9.17, 15) is 19.8 Å². The number of anilines is 2. The molecule has 0 fully saturated rings. The number of carbonyl (C=O) groups is 2. The summed E-state index contributed by atoms with van der Waals surface area (Å²) >= 11 is 0. The summed E-state index contributed by atoms with van der Waals surface area (Å²) < 4.78 is 5.54. The molecule has 6 N–H and O–H groups in total. The van der Waals surface area contributed by atoms with Gasteiger partial charge in [0.2, 0.25) is 0 Å². The third kappa shape index (κ3) is 5.48. The van der Waals surface area contributed by atoms with Crippen LogP contribution in [0.5, 0.6) is 0 Å². The van der Waals surface area contributed by atoms with E-state index in [0.717, 1.165) is 33.4 Å². The van der Waals surface area contributed by atoms with E-state index in [-0.39, 0.29) is 12.8 Å². The van der Waals surface area contributed by atoms with Gasteiger partial charge in [-0.3, -0.25) is 0 Å². The van der Waals surface area contributed by atoms with Crippen molar-refractivity contribution in [3.05, 3.63) is 57.6 Å². The Morgan fingerprint density at radius 1 is 0.759 bits per heavy atom. The van der Waals surface area contributed by atoms with Gasteiger partial charge < -0.3 is 26.4 Å². The highest BCUT2D eigenvalue weighted by molar-refractivity contribution is 5.76. The Kier molecular flexibility index (Phi) is 6.87. The SMILES string of the molecule is Cc1cc(C[C@@H](O[C@H](Cc2cc(C)c(N)c(C)c2)C(=O)O)C(=O)O)cc(C)c1N. The van der Waals surface area contributed by atoms with Gasteiger partial charge in [0, 0.05) is 24.2 Å². The molecule has 0 aliphatic carbocycles. The lowest BCUT2D eigenvalue weighted by Crippen LogP contribution is -2.36. The number of rotatable bonds is 8. The first-order chi connectivity index (χ1) is 13.5. The minimum atomic E-state index is -1.30. The van der Waals surface area contributed by atoms with Crippen LogP contribution in [-0.4, -0.2) is 34.4 Å². The maximum atomic E-state index is 11.7. The van der Waals surface area contributed by atoms with E-state index in [1.165, 1.54) is 0 Å². The van der Waals surface area contributed by atoms with Crippen molar-refractivity contribution < 1.29 is 24.5 Å². The van der Waals surface area contributed by atoms with Crippen LogP contribution in [0.25, 0.3) is 0 Å². The molecule has 7 heteroatoms. The number of hydrogen-bond acceptors (Lipinski definition) is 5. The van der Waals surface area contributed by atoms with Crippen LogP contribution in [0.3, 0.4) is 0 Å². The second-order valence-corrected chi connectivity index (χ2v) is 7.48. The van der Waals surface area contributed by atoms with E-state index in [2.05, 4.69) is 0 Å². The number of hydrogen-bond donors (Lipinski definition) is 4. The summed E-state index contributed by atoms with van der Waals surface area (Å²) in [6.45, 7) is 7.37. The third-order valence-corrected chi connectivity index (χ3v) is 5.03. The fraction of sp³-hybridized carbons (Fsp3) is 0.364. The molecule has 29 heavy (non-hydrogen) atoms. The Morgan fingerprint density at radius 3 is 1.28 bits per heavy atom. The van der Waals surface area contributed by atoms with Crippen LogP contribution in [0.15, 0.2) is 24.3 Å². The van der Waals surface area contributed by atoms with E-state index in [1.807, 2.05) is 27.7 Å². The number of aryl methyl sites for hydroxylation is 4. The average Bonchev–Trinajstić information content (AvgIpc) is 2.62. The van der Waals surface area contributed by atoms with Crippen LogP contribution in [0.4, 0.5) is 11.4 Å². The Bertz CT molecular complexity index is 817. The summed E-state index contributed by atoms with van der Waals surface area (Å²) in [5.41, 5.74) is 18.0. The van der Waals surface area contributed by atoms with E-state index < -0.39 is 24.1 Å². The lowest BCUT2D eigenvalue weighted by atomic mass is 9.99. The molecule has 0 aromatic heterocycles. The number of nitrogen functional groups attached to an aromatic ring is 2. The van der Waals surface area contributed by atoms with Crippen LogP contribution in [-0.2, 0) is 27.2 Å². The number of nitrogens with two attached hydrogens (primary N) is 2. The van der Waals surface area contributed by atoms with Gasteiger partial charge in [-0.2, -0.15) is 0 Å². The summed E-state index contributed by atoms with van der Waals surface area (Å²) in [4.78, 5) is 23.5. The lowest BCUT2D eigenvalue weighted by Gasteiger charge is -2.21. The normalized spacial score (nSPS) is 13.1. The van der Waals surface area contributed by atoms with Gasteiger partial charge in [-0.1, -0.05) is 24.3 Å². The van der Waals surface area contributed by atoms with Crippen LogP contribution >= 0.6 is 0 Å². The van der Waals surface area contributed by atoms with Crippen molar-refractivity contribution >= 4 is 23.3 Å². The molecule has 0 spiro atoms. The fourth-order valence-corrected chi connectivity index (χ4v) is 3.38. The summed E-state index contributed by atoms with van der Waals surface area (Å²) in [6, 6.07) is 7.18. The molecule has 0 aliphatic heterocycles. The fourth-order valence-electron chi connectivity index (χ4n) is 3.38. The molecule has 0 saturated carbocycles. The largest absolute Gasteiger partial charge is 0.479 e. The van der Waals surface area contributed by atoms with Gasteiger partial charge >= 0.3 is 11.9 Å². The van der Waals surface area contributed by atoms with Crippen LogP contribution in [0.1, 0.15) is 33.4 Å². The van der Waals surface area contributed by atoms with Crippen molar-refractivity contribution in [3.8, 4) is 0 Å². The standard InChI is InChI=1S/C22H28N2O5/c1-11-5-15(6-12(2)19(11)23)9-17(21(25)26)29-18(22(27)28)10-16-7-13(3)20(24)14(4)8-16/h5-8,17-18H,9-10,23-24H2,1-4H3,(H,25,26)(H,27,28)/t17-,18-/m1/s1. The zero-order valence-corrected chi connectivity index (χ0v) is 17.2. The Balaban J connectivity index is 2.24. The second-order valence-electron chi connectivity index (χ2n) is 7.48. The molecule has 2 aromatic rings. The molecule has 0 aliphatic rings. The van der Waals surface area contributed by atoms with E-state index in [0.29, 0.717) is 11.4 Å². The summed E-state index contributed by atoms with van der Waals surface area (Å²) in [5, 5.41) is 19.2. The Morgan fingerprint density at radius 2 is 1.03 bits per heavy atom. The van der Waals surface area contributed by atoms with Gasteiger partial charge in [0.1, 0.15) is 0 Å². The first-order valence-corrected chi connectivity index (χ1v) is 9.31. The molecule has 2 aromatic carbocycles. The highest BCUT2D eigenvalue weighted by atomic mass is 16.5. The van der Waals surface area contributed by atoms with Crippen molar-refractivity contribution in [1.82, 2.24) is 0 Å². The molecule has 2 rings (SSSR count). The number of carboxylic acid groups (broad SMARTS) is 2. The van der Waals surface area contributed by atoms with Crippen molar-refractivity contribution in [3.63, 3.8) is 0 Å². The summed E-state index contributed by atoms with van der Waals surface area (Å²) in [6.07, 6.45) is -2.51. The lowest BCUT2D eigenvalue weighted by molar-refractivity contribution is -0.165. The quantitative estimate of drug-likeness (QED) is 0.500. The molecule has 7 nitrogen and oxygen atoms in total. The molecule has 0 amide bonds. The van der Waals surface area contributed by atoms with Gasteiger partial charge in [0.05, 0.1) is 0 Å². The second kappa shape index (κ2) is 8.96. The minimum absolute atomic E-state index is 0.0425. The summed E-state index contributed by atoms with van der Waals surface area (Å²) in [7, 11) is 0. The zero-order valence-electron chi connectivity index (χ0n) is 17.2. The van der Waals surface area contributed by atoms with Crippen LogP contribution in [0, 0.1) is 27.7 Å². The van der Waals surface area contributed by atoms with Crippen molar-refractivity contribution in [2.75, 3.05) is 11.5 Å². The number of aliphatic carboxylic acids is 2. The molecule has 156 valence electrons. The van der Waals surface area contributed by atoms with Gasteiger partial charge in [0.15, 0.2) is 12.2 Å². The monoisotopic (exact) mass is 400 g/mol. The highest BCUT2D eigenvalue weighted by Gasteiger charge is 2.28. The van der Waals surface area contributed by atoms with E-state index in [1.54, 1.807) is 24.3 Å². The minimum Gasteiger partial charge on any atom is -0.479 e. The molecule has 0 bridgehead atoms. The molecular weight excluding hydrogens is 372 g/mol. The first-order valence-electron chi connectivity index (χ1n) is 9.31. The van der Waals surface area contributed by atoms with Gasteiger partial charge in [-0.15, -0.1) is 0 Å². The maximum Gasteiger partial charge on any atom is 0.333 e. The molecule has 0 radical (unpaired) electrons. The predicted octanol–water partition coefficient (Wildman–Crippen LogP) is 2.79. The van der Waals surface area contributed by atoms with Gasteiger partial charge in [0.25, 0.3) is 0 Å². The Hall–Kier alpha value is -3.06. The molecule has 2 atom stereocenters. The van der Waals surface area contributed by atoms with Crippen LogP contribution < -0.4 is 11.5 Å². The smallest absolute Gasteiger partial charge is 0.333 e. The van der Waals surface area contributed by atoms with Crippen molar-refractivity contribution in [2.24, 2.45) is 0 Å². The topological polar surface area (TPSA) is 136 Å². The first kappa shape index (κ1) is 22.2. The highest BCUT2D eigenvalue weighted by Crippen LogP contribution is 2.23. The molecule has 0 unspecified atom stereocenters. The molecular formula is C22H28N2O5. The van der Waals surface area contributed by atoms with E-state index >= 15 is 0 Å². The average molecular weight is 400 g/mol. The molecule has 0 heterocycles. The third-order valence-electron chi connectivity index (χ3n) is 5.03. The predicted molar refractivity (Wildman–Crippen MR) is 112 cm³/mol. The maximum absolute atomic E-state index is 11.7. The number of benzene rings is 2. The van der Waals surface area contributed by atoms with E-state index in [4.69, 9.17) is 16.2 Å². The number of ether oxygens (including phenoxy) is 1. The number of carboxylic acids is 2. The Labute approximate surface area is 170 Å². The van der Waals surface area contributed by atoms with Crippen molar-refractivity contribution in [2.45, 2.75) is 52.7 Å². The van der Waals surface area contributed by atoms with Gasteiger partial charge in [-0.05, 0) is 61.1 Å².